The van der Waals surface area contributed by atoms with Gasteiger partial charge < -0.3 is 5.11 Å². The third kappa shape index (κ3) is 3.18. The van der Waals surface area contributed by atoms with Crippen LogP contribution in [0.2, 0.25) is 0 Å². The van der Waals surface area contributed by atoms with Gasteiger partial charge in [0.05, 0.1) is 11.2 Å². The highest BCUT2D eigenvalue weighted by molar-refractivity contribution is 8.29. The van der Waals surface area contributed by atoms with E-state index in [-0.39, 0.29) is 5.44 Å². The van der Waals surface area contributed by atoms with Gasteiger partial charge in [-0.25, -0.2) is 9.98 Å². The largest absolute Gasteiger partial charge is 0.382 e. The molecule has 1 N–H and O–H groups in total. The van der Waals surface area contributed by atoms with Gasteiger partial charge in [-0.05, 0) is 49.9 Å². The third-order valence-corrected chi connectivity index (χ3v) is 9.51. The fourth-order valence-electron chi connectivity index (χ4n) is 5.44. The van der Waals surface area contributed by atoms with Crippen molar-refractivity contribution in [3.63, 3.8) is 0 Å². The fraction of sp³-hybridized carbons (Fsp3) is 0.800. The van der Waals surface area contributed by atoms with Crippen molar-refractivity contribution >= 4 is 21.9 Å². The number of aliphatic hydroxyl groups excluding tert-OH is 1. The molecule has 0 saturated heterocycles. The second-order valence-electron chi connectivity index (χ2n) is 8.73. The van der Waals surface area contributed by atoms with Gasteiger partial charge in [0.25, 0.3) is 0 Å². The summed E-state index contributed by atoms with van der Waals surface area (Å²) in [6, 6.07) is 0. The van der Waals surface area contributed by atoms with Crippen molar-refractivity contribution in [3.8, 4) is 0 Å². The summed E-state index contributed by atoms with van der Waals surface area (Å²) >= 11 is -0.710. The summed E-state index contributed by atoms with van der Waals surface area (Å²) in [6.45, 7) is 0. The lowest BCUT2D eigenvalue weighted by atomic mass is 9.74. The van der Waals surface area contributed by atoms with Crippen molar-refractivity contribution in [2.75, 3.05) is 0 Å². The van der Waals surface area contributed by atoms with Gasteiger partial charge in [0, 0.05) is 5.92 Å². The van der Waals surface area contributed by atoms with Crippen LogP contribution in [0.1, 0.15) is 70.6 Å². The van der Waals surface area contributed by atoms with Crippen LogP contribution in [-0.2, 0) is 0 Å². The fourth-order valence-corrected chi connectivity index (χ4v) is 8.08. The molecular formula is C20H31N3OS. The topological polar surface area (TPSA) is 50.4 Å². The predicted molar refractivity (Wildman–Crippen MR) is 104 cm³/mol. The standard InChI is InChI=1S/C20H31N3OS/c24-19(11-14-5-7-16(8-6-14)15-3-1-2-4-15)25-20(17-9-10-17)22-18-12-21-13-23(18)25/h12-17,19,24-25H,1-11H2. The van der Waals surface area contributed by atoms with Crippen LogP contribution >= 0.6 is 11.1 Å². The Bertz CT molecular complexity index is 639. The van der Waals surface area contributed by atoms with Crippen molar-refractivity contribution in [2.24, 2.45) is 28.7 Å². The Morgan fingerprint density at radius 3 is 2.48 bits per heavy atom. The van der Waals surface area contributed by atoms with Gasteiger partial charge in [-0.1, -0.05) is 38.5 Å². The van der Waals surface area contributed by atoms with E-state index < -0.39 is 11.1 Å². The third-order valence-electron chi connectivity index (χ3n) is 7.02. The molecule has 0 radical (unpaired) electrons. The minimum atomic E-state index is -0.710. The van der Waals surface area contributed by atoms with Crippen LogP contribution in [0.5, 0.6) is 0 Å². The van der Waals surface area contributed by atoms with Gasteiger partial charge >= 0.3 is 0 Å². The summed E-state index contributed by atoms with van der Waals surface area (Å²) in [5.74, 6) is 4.32. The molecule has 3 fully saturated rings. The number of aliphatic hydroxyl groups is 1. The number of nitrogens with zero attached hydrogens (tertiary/aromatic N) is 3. The molecule has 138 valence electrons. The molecule has 2 unspecified atom stereocenters. The molecule has 5 heteroatoms. The molecule has 5 rings (SSSR count). The molecule has 4 aliphatic rings. The maximum atomic E-state index is 11.1. The van der Waals surface area contributed by atoms with Gasteiger partial charge in [0.1, 0.15) is 11.8 Å². The first-order chi connectivity index (χ1) is 12.3. The highest BCUT2D eigenvalue weighted by Crippen LogP contribution is 2.53. The van der Waals surface area contributed by atoms with Gasteiger partial charge in [-0.15, -0.1) is 11.1 Å². The molecule has 2 atom stereocenters. The molecule has 0 bridgehead atoms. The highest BCUT2D eigenvalue weighted by atomic mass is 32.2. The molecule has 0 aromatic carbocycles. The van der Waals surface area contributed by atoms with Crippen molar-refractivity contribution in [1.29, 1.82) is 0 Å². The number of aromatic nitrogens is 2. The molecular weight excluding hydrogens is 330 g/mol. The average molecular weight is 362 g/mol. The van der Waals surface area contributed by atoms with Gasteiger partial charge in [0.15, 0.2) is 5.82 Å². The van der Waals surface area contributed by atoms with E-state index in [0.29, 0.717) is 11.8 Å². The number of aliphatic imine (C=N–C) groups is 1. The molecule has 1 aliphatic heterocycles. The molecule has 2 heterocycles. The van der Waals surface area contributed by atoms with E-state index in [9.17, 15) is 5.11 Å². The quantitative estimate of drug-likeness (QED) is 0.740. The van der Waals surface area contributed by atoms with Crippen molar-refractivity contribution in [1.82, 2.24) is 8.96 Å². The van der Waals surface area contributed by atoms with E-state index in [0.717, 1.165) is 24.1 Å². The van der Waals surface area contributed by atoms with E-state index in [1.807, 2.05) is 12.5 Å². The van der Waals surface area contributed by atoms with E-state index in [4.69, 9.17) is 4.99 Å². The van der Waals surface area contributed by atoms with Gasteiger partial charge in [-0.3, -0.25) is 3.97 Å². The maximum absolute atomic E-state index is 11.1. The van der Waals surface area contributed by atoms with Crippen LogP contribution in [0.3, 0.4) is 0 Å². The maximum Gasteiger partial charge on any atom is 0.162 e. The lowest BCUT2D eigenvalue weighted by Gasteiger charge is -2.35. The number of fused-ring (bicyclic) bond motifs is 1. The smallest absolute Gasteiger partial charge is 0.162 e. The SMILES string of the molecule is OC(CC1CCC(C2CCCC2)CC1)[SH]1C(C2CC2)=Nc2cncn21. The van der Waals surface area contributed by atoms with E-state index in [1.165, 1.54) is 69.3 Å². The Morgan fingerprint density at radius 2 is 1.76 bits per heavy atom. The molecule has 3 saturated carbocycles. The van der Waals surface area contributed by atoms with Gasteiger partial charge in [-0.2, -0.15) is 0 Å². The Kier molecular flexibility index (Phi) is 4.41. The van der Waals surface area contributed by atoms with Crippen LogP contribution in [0.25, 0.3) is 0 Å². The zero-order valence-corrected chi connectivity index (χ0v) is 16.0. The number of hydrogen-bond donors (Lipinski definition) is 2. The average Bonchev–Trinajstić information content (AvgIpc) is 3.01. The Hall–Kier alpha value is -0.810. The van der Waals surface area contributed by atoms with Crippen LogP contribution in [0.4, 0.5) is 5.82 Å². The zero-order valence-electron chi connectivity index (χ0n) is 15.1. The number of imidazole rings is 1. The molecule has 1 aromatic heterocycles. The second kappa shape index (κ2) is 6.73. The molecule has 25 heavy (non-hydrogen) atoms. The number of rotatable bonds is 5. The Balaban J connectivity index is 1.21. The predicted octanol–water partition coefficient (Wildman–Crippen LogP) is 4.81. The van der Waals surface area contributed by atoms with Crippen LogP contribution < -0.4 is 0 Å². The summed E-state index contributed by atoms with van der Waals surface area (Å²) in [4.78, 5) is 9.07. The van der Waals surface area contributed by atoms with Crippen LogP contribution in [0.15, 0.2) is 17.5 Å². The summed E-state index contributed by atoms with van der Waals surface area (Å²) in [5, 5.41) is 12.4. The van der Waals surface area contributed by atoms with Crippen LogP contribution in [0, 0.1) is 23.7 Å². The first-order valence-corrected chi connectivity index (χ1v) is 11.7. The normalized spacial score (nSPS) is 35.6. The number of thiol groups is 1. The van der Waals surface area contributed by atoms with Crippen molar-refractivity contribution in [2.45, 2.75) is 76.1 Å². The molecule has 0 spiro atoms. The monoisotopic (exact) mass is 361 g/mol. The Labute approximate surface area is 153 Å². The van der Waals surface area contributed by atoms with E-state index >= 15 is 0 Å². The zero-order chi connectivity index (χ0) is 16.8. The van der Waals surface area contributed by atoms with Gasteiger partial charge in [0.2, 0.25) is 0 Å². The summed E-state index contributed by atoms with van der Waals surface area (Å²) < 4.78 is 2.18. The number of hydrogen-bond acceptors (Lipinski definition) is 3. The minimum absolute atomic E-state index is 0.238. The summed E-state index contributed by atoms with van der Waals surface area (Å²) in [6.07, 6.45) is 18.6. The minimum Gasteiger partial charge on any atom is -0.382 e. The molecule has 0 amide bonds. The highest BCUT2D eigenvalue weighted by Gasteiger charge is 2.40. The molecule has 3 aliphatic carbocycles. The Morgan fingerprint density at radius 1 is 1.04 bits per heavy atom. The lowest BCUT2D eigenvalue weighted by Crippen LogP contribution is -2.25. The second-order valence-corrected chi connectivity index (χ2v) is 10.9. The first-order valence-electron chi connectivity index (χ1n) is 10.4. The van der Waals surface area contributed by atoms with Crippen molar-refractivity contribution < 1.29 is 5.11 Å². The van der Waals surface area contributed by atoms with Crippen molar-refractivity contribution in [3.05, 3.63) is 12.5 Å². The first kappa shape index (κ1) is 16.4. The molecule has 4 nitrogen and oxygen atoms in total. The summed E-state index contributed by atoms with van der Waals surface area (Å²) in [7, 11) is 0. The van der Waals surface area contributed by atoms with E-state index in [1.54, 1.807) is 0 Å². The lowest BCUT2D eigenvalue weighted by molar-refractivity contribution is 0.160. The molecule has 1 aromatic rings. The van der Waals surface area contributed by atoms with Crippen LogP contribution in [-0.4, -0.2) is 24.5 Å². The van der Waals surface area contributed by atoms with E-state index in [2.05, 4.69) is 8.96 Å². The summed E-state index contributed by atoms with van der Waals surface area (Å²) in [5.41, 5.74) is -0.238.